The van der Waals surface area contributed by atoms with Crippen molar-refractivity contribution in [2.24, 2.45) is 0 Å². The van der Waals surface area contributed by atoms with E-state index in [1.165, 1.54) is 6.47 Å². The Morgan fingerprint density at radius 1 is 1.21 bits per heavy atom. The summed E-state index contributed by atoms with van der Waals surface area (Å²) < 4.78 is 10.0. The van der Waals surface area contributed by atoms with Crippen LogP contribution in [0.3, 0.4) is 0 Å². The molecule has 0 N–H and O–H groups in total. The molecule has 0 aliphatic rings. The third-order valence-electron chi connectivity index (χ3n) is 3.13. The second-order valence-corrected chi connectivity index (χ2v) is 4.88. The monoisotopic (exact) mass is 279 g/mol. The molecule has 3 nitrogen and oxygen atoms in total. The number of furan rings is 1. The smallest absolute Gasteiger partial charge is 0.417 e. The summed E-state index contributed by atoms with van der Waals surface area (Å²) in [6.45, 7) is 1.89. The van der Waals surface area contributed by atoms with Crippen LogP contribution < -0.4 is 0 Å². The molecule has 0 fully saturated rings. The Morgan fingerprint density at radius 3 is 2.89 bits per heavy atom. The molecule has 1 heterocycles. The Kier molecular flexibility index (Phi) is 5.28. The molecule has 0 spiro atoms. The molecular weight excluding hydrogens is 264 g/mol. The van der Waals surface area contributed by atoms with Crippen LogP contribution in [0.4, 0.5) is 0 Å². The fraction of sp³-hybridized carbons (Fsp3) is 0.400. The second kappa shape index (κ2) is 7.19. The molecule has 4 heteroatoms. The van der Waals surface area contributed by atoms with Crippen LogP contribution in [-0.2, 0) is 16.0 Å². The molecule has 101 valence electrons. The third-order valence-corrected chi connectivity index (χ3v) is 3.44. The standard InChI is InChI=1S/C15H16ClO3/c16-13-7-5-8-14-15(13)12(10-19-14)6-3-1-2-4-9-18-11-17/h5,7-8,10H,1-4,6,9H2. The van der Waals surface area contributed by atoms with E-state index in [0.29, 0.717) is 6.61 Å². The highest BCUT2D eigenvalue weighted by molar-refractivity contribution is 6.35. The number of halogens is 1. The molecule has 0 amide bonds. The number of hydrogen-bond acceptors (Lipinski definition) is 3. The largest absolute Gasteiger partial charge is 0.464 e. The number of ether oxygens (including phenoxy) is 1. The average molecular weight is 280 g/mol. The lowest BCUT2D eigenvalue weighted by atomic mass is 10.1. The van der Waals surface area contributed by atoms with Crippen LogP contribution >= 0.6 is 11.6 Å². The molecule has 0 saturated carbocycles. The molecule has 1 aromatic carbocycles. The van der Waals surface area contributed by atoms with Crippen molar-refractivity contribution in [3.8, 4) is 0 Å². The van der Waals surface area contributed by atoms with E-state index >= 15 is 0 Å². The van der Waals surface area contributed by atoms with Crippen molar-refractivity contribution in [1.29, 1.82) is 0 Å². The van der Waals surface area contributed by atoms with Gasteiger partial charge in [0.1, 0.15) is 5.58 Å². The van der Waals surface area contributed by atoms with Gasteiger partial charge in [-0.2, -0.15) is 0 Å². The van der Waals surface area contributed by atoms with Crippen molar-refractivity contribution in [2.75, 3.05) is 6.61 Å². The Balaban J connectivity index is 1.80. The molecule has 19 heavy (non-hydrogen) atoms. The summed E-state index contributed by atoms with van der Waals surface area (Å²) in [7, 11) is 0. The Morgan fingerprint density at radius 2 is 2.05 bits per heavy atom. The number of fused-ring (bicyclic) bond motifs is 1. The number of aryl methyl sites for hydroxylation is 1. The number of carbonyl (C=O) groups excluding carboxylic acids is 1. The van der Waals surface area contributed by atoms with Gasteiger partial charge in [0.05, 0.1) is 17.9 Å². The molecule has 0 atom stereocenters. The first-order chi connectivity index (χ1) is 9.33. The lowest BCUT2D eigenvalue weighted by Gasteiger charge is -2.01. The van der Waals surface area contributed by atoms with Gasteiger partial charge in [-0.1, -0.05) is 30.5 Å². The Labute approximate surface area is 117 Å². The van der Waals surface area contributed by atoms with Gasteiger partial charge in [-0.25, -0.2) is 4.79 Å². The summed E-state index contributed by atoms with van der Waals surface area (Å²) in [5.74, 6) is 0. The molecule has 1 aromatic heterocycles. The fourth-order valence-corrected chi connectivity index (χ4v) is 2.46. The van der Waals surface area contributed by atoms with Crippen molar-refractivity contribution < 1.29 is 13.9 Å². The Hall–Kier alpha value is -1.48. The summed E-state index contributed by atoms with van der Waals surface area (Å²) >= 11 is 6.19. The van der Waals surface area contributed by atoms with E-state index < -0.39 is 0 Å². The van der Waals surface area contributed by atoms with Crippen LogP contribution in [0.5, 0.6) is 0 Å². The van der Waals surface area contributed by atoms with Crippen LogP contribution in [0.15, 0.2) is 28.9 Å². The summed E-state index contributed by atoms with van der Waals surface area (Å²) in [4.78, 5) is 9.84. The number of hydrogen-bond donors (Lipinski definition) is 0. The normalized spacial score (nSPS) is 10.8. The maximum absolute atomic E-state index is 9.84. The minimum atomic E-state index is 0.462. The van der Waals surface area contributed by atoms with E-state index in [9.17, 15) is 4.79 Å². The van der Waals surface area contributed by atoms with Gasteiger partial charge < -0.3 is 9.15 Å². The van der Waals surface area contributed by atoms with Crippen LogP contribution in [0.25, 0.3) is 11.0 Å². The van der Waals surface area contributed by atoms with Gasteiger partial charge in [-0.3, -0.25) is 0 Å². The minimum Gasteiger partial charge on any atom is -0.464 e. The van der Waals surface area contributed by atoms with Crippen molar-refractivity contribution in [3.05, 3.63) is 35.0 Å². The lowest BCUT2D eigenvalue weighted by molar-refractivity contribution is 0.269. The van der Waals surface area contributed by atoms with Gasteiger partial charge in [0, 0.05) is 5.39 Å². The highest BCUT2D eigenvalue weighted by atomic mass is 35.5. The first kappa shape index (κ1) is 13.9. The van der Waals surface area contributed by atoms with Crippen LogP contribution in [0, 0.1) is 0 Å². The third kappa shape index (κ3) is 3.74. The van der Waals surface area contributed by atoms with E-state index in [0.717, 1.165) is 53.7 Å². The van der Waals surface area contributed by atoms with Crippen molar-refractivity contribution in [2.45, 2.75) is 32.1 Å². The summed E-state index contributed by atoms with van der Waals surface area (Å²) in [6, 6.07) is 5.70. The second-order valence-electron chi connectivity index (χ2n) is 4.47. The topological polar surface area (TPSA) is 39.4 Å². The first-order valence-corrected chi connectivity index (χ1v) is 6.84. The molecule has 0 aliphatic heterocycles. The Bertz CT molecular complexity index is 533. The fourth-order valence-electron chi connectivity index (χ4n) is 2.18. The predicted molar refractivity (Wildman–Crippen MR) is 75.0 cm³/mol. The lowest BCUT2D eigenvalue weighted by Crippen LogP contribution is -1.92. The maximum atomic E-state index is 9.84. The van der Waals surface area contributed by atoms with Gasteiger partial charge in [0.2, 0.25) is 0 Å². The van der Waals surface area contributed by atoms with Crippen LogP contribution in [-0.4, -0.2) is 13.1 Å². The number of rotatable bonds is 8. The highest BCUT2D eigenvalue weighted by Crippen LogP contribution is 2.29. The number of unbranched alkanes of at least 4 members (excludes halogenated alkanes) is 3. The van der Waals surface area contributed by atoms with Gasteiger partial charge in [-0.05, 0) is 37.0 Å². The van der Waals surface area contributed by atoms with Crippen molar-refractivity contribution >= 4 is 29.0 Å². The number of benzene rings is 1. The van der Waals surface area contributed by atoms with Crippen molar-refractivity contribution in [3.63, 3.8) is 0 Å². The molecule has 1 radical (unpaired) electrons. The minimum absolute atomic E-state index is 0.462. The highest BCUT2D eigenvalue weighted by Gasteiger charge is 2.08. The van der Waals surface area contributed by atoms with Gasteiger partial charge in [-0.15, -0.1) is 0 Å². The zero-order valence-corrected chi connectivity index (χ0v) is 11.4. The van der Waals surface area contributed by atoms with E-state index in [-0.39, 0.29) is 0 Å². The molecule has 0 bridgehead atoms. The molecule has 0 aliphatic carbocycles. The average Bonchev–Trinajstić information content (AvgIpc) is 2.82. The first-order valence-electron chi connectivity index (χ1n) is 6.46. The summed E-state index contributed by atoms with van der Waals surface area (Å²) in [5.41, 5.74) is 2.01. The zero-order valence-electron chi connectivity index (χ0n) is 10.7. The van der Waals surface area contributed by atoms with Crippen LogP contribution in [0.2, 0.25) is 5.02 Å². The van der Waals surface area contributed by atoms with E-state index in [1.807, 2.05) is 18.2 Å². The quantitative estimate of drug-likeness (QED) is 0.677. The molecule has 2 rings (SSSR count). The van der Waals surface area contributed by atoms with E-state index in [2.05, 4.69) is 4.74 Å². The van der Waals surface area contributed by atoms with Gasteiger partial charge in [0.25, 0.3) is 0 Å². The maximum Gasteiger partial charge on any atom is 0.417 e. The van der Waals surface area contributed by atoms with E-state index in [4.69, 9.17) is 16.0 Å². The van der Waals surface area contributed by atoms with Gasteiger partial charge in [0.15, 0.2) is 0 Å². The molecule has 0 saturated heterocycles. The van der Waals surface area contributed by atoms with E-state index in [1.54, 1.807) is 6.26 Å². The molecular formula is C15H16ClO3. The molecule has 2 aromatic rings. The van der Waals surface area contributed by atoms with Crippen LogP contribution in [0.1, 0.15) is 31.2 Å². The SMILES string of the molecule is O=[C]OCCCCCCc1coc2cccc(Cl)c12. The summed E-state index contributed by atoms with van der Waals surface area (Å²) in [6.07, 6.45) is 6.86. The zero-order chi connectivity index (χ0) is 13.5. The van der Waals surface area contributed by atoms with Crippen molar-refractivity contribution in [1.82, 2.24) is 0 Å². The molecule has 0 unspecified atom stereocenters. The van der Waals surface area contributed by atoms with Gasteiger partial charge >= 0.3 is 6.47 Å². The summed E-state index contributed by atoms with van der Waals surface area (Å²) in [5, 5.41) is 1.78. The predicted octanol–water partition coefficient (Wildman–Crippen LogP) is 4.27.